The predicted octanol–water partition coefficient (Wildman–Crippen LogP) is 3.43. The van der Waals surface area contributed by atoms with E-state index in [1.54, 1.807) is 6.92 Å². The van der Waals surface area contributed by atoms with Crippen LogP contribution in [-0.4, -0.2) is 53.2 Å². The van der Waals surface area contributed by atoms with E-state index in [0.717, 1.165) is 63.5 Å². The topological polar surface area (TPSA) is 117 Å². The summed E-state index contributed by atoms with van der Waals surface area (Å²) in [5.74, 6) is 0.963. The summed E-state index contributed by atoms with van der Waals surface area (Å²) >= 11 is 0. The zero-order valence-electron chi connectivity index (χ0n) is 22.6. The highest BCUT2D eigenvalue weighted by molar-refractivity contribution is 5.96. The van der Waals surface area contributed by atoms with E-state index in [-0.39, 0.29) is 35.0 Å². The van der Waals surface area contributed by atoms with Crippen molar-refractivity contribution < 1.29 is 24.3 Å². The summed E-state index contributed by atoms with van der Waals surface area (Å²) in [5.41, 5.74) is 0.911. The SMILES string of the molecule is CC(=O)[C@@]1(O)CC[C@H]2[C@H]3CCC4=C/C(=N/OCC(=O)N[C@@H]5CCCCNC5=O)CC[C@]4(C)[C@@H]3CC[C@@]21C. The molecular weight excluding hydrogens is 470 g/mol. The maximum Gasteiger partial charge on any atom is 0.261 e. The van der Waals surface area contributed by atoms with Gasteiger partial charge >= 0.3 is 0 Å². The molecule has 8 nitrogen and oxygen atoms in total. The number of oxime groups is 1. The molecule has 37 heavy (non-hydrogen) atoms. The number of hydrogen-bond acceptors (Lipinski definition) is 6. The highest BCUT2D eigenvalue weighted by Crippen LogP contribution is 2.67. The van der Waals surface area contributed by atoms with Crippen LogP contribution in [0.4, 0.5) is 0 Å². The van der Waals surface area contributed by atoms with Gasteiger partial charge in [0, 0.05) is 12.0 Å². The van der Waals surface area contributed by atoms with Crippen LogP contribution < -0.4 is 10.6 Å². The van der Waals surface area contributed by atoms with Crippen molar-refractivity contribution in [3.8, 4) is 0 Å². The lowest BCUT2D eigenvalue weighted by molar-refractivity contribution is -0.159. The van der Waals surface area contributed by atoms with Gasteiger partial charge in [-0.15, -0.1) is 0 Å². The second-order valence-corrected chi connectivity index (χ2v) is 12.7. The zero-order chi connectivity index (χ0) is 26.4. The Labute approximate surface area is 220 Å². The van der Waals surface area contributed by atoms with E-state index < -0.39 is 11.6 Å². The van der Waals surface area contributed by atoms with Gasteiger partial charge in [-0.1, -0.05) is 24.6 Å². The lowest BCUT2D eigenvalue weighted by Crippen LogP contribution is -2.57. The third-order valence-electron chi connectivity index (χ3n) is 11.0. The van der Waals surface area contributed by atoms with Crippen molar-refractivity contribution in [3.63, 3.8) is 0 Å². The molecule has 204 valence electrons. The van der Waals surface area contributed by atoms with Crippen LogP contribution in [0.1, 0.15) is 91.4 Å². The third-order valence-corrected chi connectivity index (χ3v) is 11.0. The fourth-order valence-electron chi connectivity index (χ4n) is 8.72. The molecule has 0 aromatic heterocycles. The predicted molar refractivity (Wildman–Crippen MR) is 140 cm³/mol. The summed E-state index contributed by atoms with van der Waals surface area (Å²) in [6.45, 7) is 6.58. The number of nitrogens with one attached hydrogen (secondary N) is 2. The van der Waals surface area contributed by atoms with E-state index in [4.69, 9.17) is 4.84 Å². The average Bonchev–Trinajstić information content (AvgIpc) is 2.99. The molecule has 2 amide bonds. The van der Waals surface area contributed by atoms with E-state index in [9.17, 15) is 19.5 Å². The van der Waals surface area contributed by atoms with Gasteiger partial charge in [-0.3, -0.25) is 14.4 Å². The number of ketones is 1. The molecule has 0 bridgehead atoms. The van der Waals surface area contributed by atoms with Crippen molar-refractivity contribution in [1.29, 1.82) is 0 Å². The number of allylic oxidation sites excluding steroid dienone is 2. The second-order valence-electron chi connectivity index (χ2n) is 12.7. The van der Waals surface area contributed by atoms with Crippen molar-refractivity contribution in [2.45, 2.75) is 103 Å². The standard InChI is InChI=1S/C29H43N3O5/c1-18(33)29(36)14-11-23-21-8-7-19-16-20(9-12-27(19,2)22(21)10-13-28(23,29)3)32-37-17-25(34)31-24-6-4-5-15-30-26(24)35/h16,21-24,36H,4-15,17H2,1-3H3,(H,30,35)(H,31,34)/b32-20+/t21-,22+,23-,24+,27-,28-,29-/m0/s1. The molecule has 5 aliphatic rings. The Balaban J connectivity index is 1.22. The number of rotatable bonds is 5. The summed E-state index contributed by atoms with van der Waals surface area (Å²) in [4.78, 5) is 42.2. The number of hydrogen-bond donors (Lipinski definition) is 3. The molecule has 5 rings (SSSR count). The van der Waals surface area contributed by atoms with Crippen LogP contribution in [0.3, 0.4) is 0 Å². The Morgan fingerprint density at radius 1 is 1.11 bits per heavy atom. The lowest BCUT2D eigenvalue weighted by Gasteiger charge is -2.59. The lowest BCUT2D eigenvalue weighted by atomic mass is 9.46. The Bertz CT molecular complexity index is 1020. The maximum atomic E-state index is 12.4. The number of carbonyl (C=O) groups is 3. The van der Waals surface area contributed by atoms with Gasteiger partial charge < -0.3 is 20.6 Å². The van der Waals surface area contributed by atoms with Gasteiger partial charge in [0.2, 0.25) is 5.91 Å². The van der Waals surface area contributed by atoms with Crippen LogP contribution in [0.2, 0.25) is 0 Å². The first-order valence-electron chi connectivity index (χ1n) is 14.3. The van der Waals surface area contributed by atoms with Crippen molar-refractivity contribution in [1.82, 2.24) is 10.6 Å². The van der Waals surface area contributed by atoms with Crippen molar-refractivity contribution >= 4 is 23.3 Å². The van der Waals surface area contributed by atoms with Crippen LogP contribution in [0.15, 0.2) is 16.8 Å². The van der Waals surface area contributed by atoms with Crippen LogP contribution in [-0.2, 0) is 19.2 Å². The third kappa shape index (κ3) is 4.43. The first-order valence-corrected chi connectivity index (χ1v) is 14.3. The molecule has 8 heteroatoms. The van der Waals surface area contributed by atoms with E-state index in [1.165, 1.54) is 5.57 Å². The molecule has 1 saturated heterocycles. The summed E-state index contributed by atoms with van der Waals surface area (Å²) in [6, 6.07) is -0.498. The maximum absolute atomic E-state index is 12.4. The quantitative estimate of drug-likeness (QED) is 0.487. The first kappa shape index (κ1) is 26.4. The number of fused-ring (bicyclic) bond motifs is 5. The summed E-state index contributed by atoms with van der Waals surface area (Å²) in [6.07, 6.45) is 12.0. The van der Waals surface area contributed by atoms with Crippen LogP contribution in [0, 0.1) is 28.6 Å². The number of aliphatic hydroxyl groups is 1. The fourth-order valence-corrected chi connectivity index (χ4v) is 8.72. The zero-order valence-corrected chi connectivity index (χ0v) is 22.6. The molecule has 0 spiro atoms. The van der Waals surface area contributed by atoms with Gasteiger partial charge in [-0.05, 0) is 107 Å². The largest absolute Gasteiger partial charge is 0.385 e. The van der Waals surface area contributed by atoms with Crippen molar-refractivity contribution in [3.05, 3.63) is 11.6 Å². The van der Waals surface area contributed by atoms with Gasteiger partial charge in [0.25, 0.3) is 5.91 Å². The number of Topliss-reactive ketones (excluding diaryl/α,β-unsaturated/α-hetero) is 1. The van der Waals surface area contributed by atoms with Gasteiger partial charge in [-0.2, -0.15) is 0 Å². The highest BCUT2D eigenvalue weighted by Gasteiger charge is 2.65. The summed E-state index contributed by atoms with van der Waals surface area (Å²) in [7, 11) is 0. The average molecular weight is 514 g/mol. The molecule has 7 atom stereocenters. The Hall–Kier alpha value is -2.22. The Morgan fingerprint density at radius 3 is 2.68 bits per heavy atom. The second kappa shape index (κ2) is 9.83. The van der Waals surface area contributed by atoms with Gasteiger partial charge in [0.1, 0.15) is 11.6 Å². The highest BCUT2D eigenvalue weighted by atomic mass is 16.6. The molecule has 4 aliphatic carbocycles. The summed E-state index contributed by atoms with van der Waals surface area (Å²) in [5, 5.41) is 21.2. The smallest absolute Gasteiger partial charge is 0.261 e. The Kier molecular flexibility index (Phi) is 7.01. The summed E-state index contributed by atoms with van der Waals surface area (Å²) < 4.78 is 0. The van der Waals surface area contributed by atoms with Crippen LogP contribution in [0.5, 0.6) is 0 Å². The molecule has 0 aromatic carbocycles. The van der Waals surface area contributed by atoms with Crippen molar-refractivity contribution in [2.24, 2.45) is 33.7 Å². The monoisotopic (exact) mass is 513 g/mol. The van der Waals surface area contributed by atoms with E-state index in [1.807, 2.05) is 0 Å². The van der Waals surface area contributed by atoms with Gasteiger partial charge in [0.15, 0.2) is 12.4 Å². The minimum atomic E-state index is -1.17. The van der Waals surface area contributed by atoms with Gasteiger partial charge in [0.05, 0.1) is 5.71 Å². The molecule has 0 unspecified atom stereocenters. The molecule has 1 heterocycles. The molecule has 3 N–H and O–H groups in total. The number of nitrogens with zero attached hydrogens (tertiary/aromatic N) is 1. The molecular formula is C29H43N3O5. The minimum Gasteiger partial charge on any atom is -0.385 e. The van der Waals surface area contributed by atoms with E-state index in [0.29, 0.717) is 37.1 Å². The Morgan fingerprint density at radius 2 is 1.89 bits per heavy atom. The van der Waals surface area contributed by atoms with Crippen molar-refractivity contribution in [2.75, 3.05) is 13.2 Å². The first-order chi connectivity index (χ1) is 17.6. The van der Waals surface area contributed by atoms with Crippen LogP contribution in [0.25, 0.3) is 0 Å². The molecule has 3 saturated carbocycles. The molecule has 1 aliphatic heterocycles. The molecule has 0 aromatic rings. The minimum absolute atomic E-state index is 0.0664. The van der Waals surface area contributed by atoms with E-state index in [2.05, 4.69) is 35.7 Å². The van der Waals surface area contributed by atoms with Gasteiger partial charge in [-0.25, -0.2) is 0 Å². The van der Waals surface area contributed by atoms with E-state index >= 15 is 0 Å². The fraction of sp³-hybridized carbons (Fsp3) is 0.793. The number of carbonyl (C=O) groups excluding carboxylic acids is 3. The number of amides is 2. The van der Waals surface area contributed by atoms with Crippen LogP contribution >= 0.6 is 0 Å². The molecule has 4 fully saturated rings. The normalized spacial score (nSPS) is 42.4. The molecule has 0 radical (unpaired) electrons.